The average Bonchev–Trinajstić information content (AvgIpc) is 2.86. The second-order valence-corrected chi connectivity index (χ2v) is 7.89. The van der Waals surface area contributed by atoms with E-state index in [9.17, 15) is 4.79 Å². The number of carbonyl (C=O) groups is 1. The van der Waals surface area contributed by atoms with Gasteiger partial charge in [0, 0.05) is 11.4 Å². The second kappa shape index (κ2) is 5.86. The third kappa shape index (κ3) is 3.41. The number of esters is 1. The van der Waals surface area contributed by atoms with Crippen molar-refractivity contribution in [2.45, 2.75) is 52.1 Å². The molecule has 112 valence electrons. The van der Waals surface area contributed by atoms with Crippen molar-refractivity contribution >= 4 is 17.3 Å². The van der Waals surface area contributed by atoms with E-state index in [1.54, 1.807) is 11.3 Å². The zero-order valence-corrected chi connectivity index (χ0v) is 13.7. The highest BCUT2D eigenvalue weighted by Crippen LogP contribution is 2.44. The summed E-state index contributed by atoms with van der Waals surface area (Å²) in [6.07, 6.45) is 2.85. The molecule has 1 aromatic heterocycles. The monoisotopic (exact) mass is 295 g/mol. The molecule has 20 heavy (non-hydrogen) atoms. The molecule has 0 aliphatic heterocycles. The van der Waals surface area contributed by atoms with Crippen molar-refractivity contribution in [3.05, 3.63) is 22.4 Å². The molecule has 0 bridgehead atoms. The lowest BCUT2D eigenvalue weighted by Crippen LogP contribution is -2.58. The highest BCUT2D eigenvalue weighted by molar-refractivity contribution is 7.09. The number of hydrogen-bond donors (Lipinski definition) is 1. The molecular weight excluding hydrogens is 270 g/mol. The van der Waals surface area contributed by atoms with E-state index in [1.165, 1.54) is 12.0 Å². The number of nitrogens with one attached hydrogen (secondary N) is 1. The van der Waals surface area contributed by atoms with Crippen LogP contribution in [0.25, 0.3) is 0 Å². The van der Waals surface area contributed by atoms with Gasteiger partial charge in [0.15, 0.2) is 0 Å². The third-order valence-corrected chi connectivity index (χ3v) is 5.01. The van der Waals surface area contributed by atoms with Gasteiger partial charge in [-0.05, 0) is 42.0 Å². The van der Waals surface area contributed by atoms with Crippen LogP contribution in [0.2, 0.25) is 0 Å². The van der Waals surface area contributed by atoms with Gasteiger partial charge in [-0.3, -0.25) is 10.1 Å². The fourth-order valence-electron chi connectivity index (χ4n) is 3.80. The smallest absolute Gasteiger partial charge is 0.326 e. The zero-order valence-electron chi connectivity index (χ0n) is 12.9. The first-order chi connectivity index (χ1) is 9.37. The summed E-state index contributed by atoms with van der Waals surface area (Å²) in [6.45, 7) is 7.45. The van der Waals surface area contributed by atoms with Crippen molar-refractivity contribution in [1.29, 1.82) is 0 Å². The van der Waals surface area contributed by atoms with Crippen molar-refractivity contribution in [1.82, 2.24) is 5.32 Å². The van der Waals surface area contributed by atoms with Gasteiger partial charge in [-0.1, -0.05) is 26.8 Å². The number of carbonyl (C=O) groups excluding carboxylic acids is 1. The van der Waals surface area contributed by atoms with Gasteiger partial charge in [0.1, 0.15) is 5.54 Å². The van der Waals surface area contributed by atoms with E-state index in [4.69, 9.17) is 4.74 Å². The molecular formula is C16H25NO2S. The Labute approximate surface area is 125 Å². The van der Waals surface area contributed by atoms with Crippen LogP contribution in [-0.4, -0.2) is 18.6 Å². The number of hydrogen-bond acceptors (Lipinski definition) is 4. The van der Waals surface area contributed by atoms with Crippen LogP contribution < -0.4 is 5.32 Å². The van der Waals surface area contributed by atoms with E-state index in [-0.39, 0.29) is 11.4 Å². The molecule has 2 rings (SSSR count). The minimum Gasteiger partial charge on any atom is -0.468 e. The normalized spacial score (nSPS) is 29.1. The second-order valence-electron chi connectivity index (χ2n) is 6.86. The molecule has 1 fully saturated rings. The molecule has 2 atom stereocenters. The Balaban J connectivity index is 2.18. The average molecular weight is 295 g/mol. The van der Waals surface area contributed by atoms with Gasteiger partial charge >= 0.3 is 5.97 Å². The summed E-state index contributed by atoms with van der Waals surface area (Å²) < 4.78 is 5.11. The van der Waals surface area contributed by atoms with Crippen LogP contribution in [0.15, 0.2) is 17.5 Å². The lowest BCUT2D eigenvalue weighted by Gasteiger charge is -2.46. The molecule has 1 heterocycles. The Morgan fingerprint density at radius 2 is 2.25 bits per heavy atom. The van der Waals surface area contributed by atoms with Crippen LogP contribution in [0.5, 0.6) is 0 Å². The first-order valence-electron chi connectivity index (χ1n) is 7.23. The Kier molecular flexibility index (Phi) is 4.55. The maximum atomic E-state index is 12.4. The fourth-order valence-corrected chi connectivity index (χ4v) is 4.44. The summed E-state index contributed by atoms with van der Waals surface area (Å²) in [5.41, 5.74) is -0.381. The van der Waals surface area contributed by atoms with E-state index in [0.29, 0.717) is 5.92 Å². The predicted molar refractivity (Wildman–Crippen MR) is 82.7 cm³/mol. The highest BCUT2D eigenvalue weighted by Gasteiger charge is 2.48. The van der Waals surface area contributed by atoms with Gasteiger partial charge in [0.25, 0.3) is 0 Å². The minimum absolute atomic E-state index is 0.117. The number of ether oxygens (including phenoxy) is 1. The standard InChI is InChI=1S/C16H25NO2S/c1-12-8-15(2,3)11-16(9-12,14(18)19-4)17-10-13-6-5-7-20-13/h5-7,12,17H,8-11H2,1-4H3. The SMILES string of the molecule is COC(=O)C1(NCc2cccs2)CC(C)CC(C)(C)C1. The lowest BCUT2D eigenvalue weighted by atomic mass is 9.64. The Morgan fingerprint density at radius 1 is 1.50 bits per heavy atom. The van der Waals surface area contributed by atoms with E-state index in [1.807, 2.05) is 6.07 Å². The van der Waals surface area contributed by atoms with E-state index < -0.39 is 5.54 Å². The van der Waals surface area contributed by atoms with Crippen molar-refractivity contribution in [2.24, 2.45) is 11.3 Å². The molecule has 1 saturated carbocycles. The number of methoxy groups -OCH3 is 1. The van der Waals surface area contributed by atoms with Crippen molar-refractivity contribution in [3.8, 4) is 0 Å². The summed E-state index contributed by atoms with van der Waals surface area (Å²) >= 11 is 1.72. The van der Waals surface area contributed by atoms with Gasteiger partial charge in [-0.25, -0.2) is 0 Å². The van der Waals surface area contributed by atoms with E-state index in [2.05, 4.69) is 37.5 Å². The third-order valence-electron chi connectivity index (χ3n) is 4.14. The number of rotatable bonds is 4. The van der Waals surface area contributed by atoms with Crippen molar-refractivity contribution < 1.29 is 9.53 Å². The van der Waals surface area contributed by atoms with Crippen LogP contribution in [0.3, 0.4) is 0 Å². The van der Waals surface area contributed by atoms with Gasteiger partial charge in [0.05, 0.1) is 7.11 Å². The minimum atomic E-state index is -0.542. The first kappa shape index (κ1) is 15.5. The quantitative estimate of drug-likeness (QED) is 0.863. The Hall–Kier alpha value is -0.870. The molecule has 3 nitrogen and oxygen atoms in total. The molecule has 1 N–H and O–H groups in total. The summed E-state index contributed by atoms with van der Waals surface area (Å²) in [6, 6.07) is 4.14. The maximum Gasteiger partial charge on any atom is 0.326 e. The summed E-state index contributed by atoms with van der Waals surface area (Å²) in [5.74, 6) is 0.405. The molecule has 1 aliphatic rings. The topological polar surface area (TPSA) is 38.3 Å². The Bertz CT molecular complexity index is 455. The van der Waals surface area contributed by atoms with Crippen LogP contribution in [0.1, 0.15) is 44.9 Å². The van der Waals surface area contributed by atoms with Crippen LogP contribution >= 0.6 is 11.3 Å². The van der Waals surface area contributed by atoms with Crippen molar-refractivity contribution in [3.63, 3.8) is 0 Å². The molecule has 0 radical (unpaired) electrons. The molecule has 4 heteroatoms. The van der Waals surface area contributed by atoms with Gasteiger partial charge in [-0.2, -0.15) is 0 Å². The summed E-state index contributed by atoms with van der Waals surface area (Å²) in [7, 11) is 1.49. The van der Waals surface area contributed by atoms with Crippen LogP contribution in [-0.2, 0) is 16.1 Å². The van der Waals surface area contributed by atoms with Gasteiger partial charge < -0.3 is 4.74 Å². The summed E-state index contributed by atoms with van der Waals surface area (Å²) in [5, 5.41) is 5.57. The van der Waals surface area contributed by atoms with Crippen LogP contribution in [0, 0.1) is 11.3 Å². The highest BCUT2D eigenvalue weighted by atomic mass is 32.1. The molecule has 2 unspecified atom stereocenters. The first-order valence-corrected chi connectivity index (χ1v) is 8.11. The largest absolute Gasteiger partial charge is 0.468 e. The number of thiophene rings is 1. The Morgan fingerprint density at radius 3 is 2.80 bits per heavy atom. The maximum absolute atomic E-state index is 12.4. The zero-order chi connectivity index (χ0) is 14.8. The predicted octanol–water partition coefficient (Wildman–Crippen LogP) is 3.60. The van der Waals surface area contributed by atoms with Gasteiger partial charge in [-0.15, -0.1) is 11.3 Å². The molecule has 0 saturated heterocycles. The molecule has 0 spiro atoms. The summed E-state index contributed by atoms with van der Waals surface area (Å²) in [4.78, 5) is 13.7. The fraction of sp³-hybridized carbons (Fsp3) is 0.688. The molecule has 1 aromatic rings. The van der Waals surface area contributed by atoms with Crippen LogP contribution in [0.4, 0.5) is 0 Å². The molecule has 0 amide bonds. The lowest BCUT2D eigenvalue weighted by molar-refractivity contribution is -0.153. The van der Waals surface area contributed by atoms with E-state index in [0.717, 1.165) is 25.8 Å². The van der Waals surface area contributed by atoms with Crippen molar-refractivity contribution in [2.75, 3.05) is 7.11 Å². The molecule has 1 aliphatic carbocycles. The van der Waals surface area contributed by atoms with Gasteiger partial charge in [0.2, 0.25) is 0 Å². The molecule has 0 aromatic carbocycles. The van der Waals surface area contributed by atoms with E-state index >= 15 is 0 Å².